The van der Waals surface area contributed by atoms with Crippen molar-refractivity contribution in [1.29, 1.82) is 0 Å². The van der Waals surface area contributed by atoms with Gasteiger partial charge in [-0.2, -0.15) is 0 Å². The van der Waals surface area contributed by atoms with Gasteiger partial charge in [0.25, 0.3) is 0 Å². The van der Waals surface area contributed by atoms with Crippen LogP contribution >= 0.6 is 0 Å². The molecule has 85 heavy (non-hydrogen) atoms. The van der Waals surface area contributed by atoms with Crippen molar-refractivity contribution in [3.05, 3.63) is 352 Å². The van der Waals surface area contributed by atoms with Crippen molar-refractivity contribution >= 4 is 89.8 Å². The van der Waals surface area contributed by atoms with Gasteiger partial charge in [0.1, 0.15) is 0 Å². The van der Waals surface area contributed by atoms with E-state index in [1.54, 1.807) is 0 Å². The van der Waals surface area contributed by atoms with Crippen LogP contribution in [0.5, 0.6) is 0 Å². The highest BCUT2D eigenvalue weighted by atomic mass is 15.2. The second-order valence-electron chi connectivity index (χ2n) is 21.0. The van der Waals surface area contributed by atoms with E-state index in [9.17, 15) is 0 Å². The van der Waals surface area contributed by atoms with Crippen molar-refractivity contribution in [3.63, 3.8) is 0 Å². The van der Waals surface area contributed by atoms with E-state index < -0.39 is 0 Å². The summed E-state index contributed by atoms with van der Waals surface area (Å²) >= 11 is 0. The molecule has 0 bridgehead atoms. The van der Waals surface area contributed by atoms with Gasteiger partial charge in [-0.05, 0) is 178 Å². The SMILES string of the molecule is C.c1ccc(N(c2ccc(-c3ccc(N(c4ccccc4)c4ccc(-c5ccc(N(c6ccccc6)c6cccc7ccccc67)cc5)cc4)cc3)cc2)c2ccc(-c3ccc(N(c4ccccc4)c4cccc5ccccc45)cc3)cc2)cc1. The van der Waals surface area contributed by atoms with Crippen molar-refractivity contribution in [1.82, 2.24) is 0 Å². The van der Waals surface area contributed by atoms with Crippen LogP contribution < -0.4 is 19.6 Å². The molecular formula is C81H62N4. The number of hydrogen-bond acceptors (Lipinski definition) is 4. The first-order valence-electron chi connectivity index (χ1n) is 28.6. The predicted octanol–water partition coefficient (Wildman–Crippen LogP) is 23.5. The molecule has 0 radical (unpaired) electrons. The molecule has 14 aromatic carbocycles. The van der Waals surface area contributed by atoms with Crippen LogP contribution in [0.3, 0.4) is 0 Å². The third-order valence-corrected chi connectivity index (χ3v) is 15.8. The summed E-state index contributed by atoms with van der Waals surface area (Å²) in [6.07, 6.45) is 0. The van der Waals surface area contributed by atoms with Gasteiger partial charge in [-0.25, -0.2) is 0 Å². The van der Waals surface area contributed by atoms with E-state index >= 15 is 0 Å². The average Bonchev–Trinajstić information content (AvgIpc) is 3.57. The molecule has 0 saturated carbocycles. The third-order valence-electron chi connectivity index (χ3n) is 15.8. The number of anilines is 12. The molecule has 0 atom stereocenters. The molecule has 4 heteroatoms. The van der Waals surface area contributed by atoms with E-state index in [0.29, 0.717) is 0 Å². The van der Waals surface area contributed by atoms with Crippen LogP contribution in [0, 0.1) is 0 Å². The van der Waals surface area contributed by atoms with Gasteiger partial charge in [0, 0.05) is 67.6 Å². The van der Waals surface area contributed by atoms with Crippen LogP contribution in [0.4, 0.5) is 68.2 Å². The van der Waals surface area contributed by atoms with Crippen LogP contribution in [-0.4, -0.2) is 0 Å². The summed E-state index contributed by atoms with van der Waals surface area (Å²) in [6, 6.07) is 126. The number of para-hydroxylation sites is 4. The molecular weight excluding hydrogens is 1030 g/mol. The zero-order chi connectivity index (χ0) is 56.0. The summed E-state index contributed by atoms with van der Waals surface area (Å²) in [5, 5.41) is 4.86. The number of nitrogens with zero attached hydrogens (tertiary/aromatic N) is 4. The Morgan fingerprint density at radius 3 is 0.588 bits per heavy atom. The monoisotopic (exact) mass is 1090 g/mol. The first kappa shape index (κ1) is 53.1. The Labute approximate surface area is 499 Å². The predicted molar refractivity (Wildman–Crippen MR) is 363 cm³/mol. The van der Waals surface area contributed by atoms with Gasteiger partial charge < -0.3 is 19.6 Å². The van der Waals surface area contributed by atoms with Gasteiger partial charge in [-0.3, -0.25) is 0 Å². The van der Waals surface area contributed by atoms with E-state index in [1.807, 2.05) is 0 Å². The highest BCUT2D eigenvalue weighted by Crippen LogP contribution is 2.44. The Morgan fingerprint density at radius 1 is 0.141 bits per heavy atom. The summed E-state index contributed by atoms with van der Waals surface area (Å²) < 4.78 is 0. The van der Waals surface area contributed by atoms with Crippen LogP contribution in [0.15, 0.2) is 352 Å². The van der Waals surface area contributed by atoms with Crippen molar-refractivity contribution in [3.8, 4) is 33.4 Å². The highest BCUT2D eigenvalue weighted by molar-refractivity contribution is 6.00. The molecule has 406 valence electrons. The van der Waals surface area contributed by atoms with Crippen molar-refractivity contribution in [2.75, 3.05) is 19.6 Å². The molecule has 0 aliphatic heterocycles. The summed E-state index contributed by atoms with van der Waals surface area (Å²) in [6.45, 7) is 0. The number of benzene rings is 14. The number of rotatable bonds is 15. The van der Waals surface area contributed by atoms with Crippen molar-refractivity contribution in [2.24, 2.45) is 0 Å². The molecule has 0 aromatic heterocycles. The van der Waals surface area contributed by atoms with E-state index in [0.717, 1.165) is 102 Å². The number of fused-ring (bicyclic) bond motifs is 2. The van der Waals surface area contributed by atoms with Gasteiger partial charge >= 0.3 is 0 Å². The maximum absolute atomic E-state index is 2.35. The summed E-state index contributed by atoms with van der Waals surface area (Å²) in [7, 11) is 0. The summed E-state index contributed by atoms with van der Waals surface area (Å²) in [5.74, 6) is 0. The van der Waals surface area contributed by atoms with Gasteiger partial charge in [-0.1, -0.05) is 226 Å². The molecule has 0 spiro atoms. The third kappa shape index (κ3) is 10.9. The second kappa shape index (κ2) is 24.1. The molecule has 0 saturated heterocycles. The van der Waals surface area contributed by atoms with E-state index in [1.165, 1.54) is 21.5 Å². The van der Waals surface area contributed by atoms with Crippen LogP contribution in [0.25, 0.3) is 54.9 Å². The Hall–Kier alpha value is -11.2. The lowest BCUT2D eigenvalue weighted by molar-refractivity contribution is 1.28. The average molecular weight is 1090 g/mol. The number of hydrogen-bond donors (Lipinski definition) is 0. The molecule has 4 nitrogen and oxygen atoms in total. The molecule has 0 amide bonds. The first-order valence-corrected chi connectivity index (χ1v) is 28.6. The molecule has 0 N–H and O–H groups in total. The molecule has 14 rings (SSSR count). The lowest BCUT2D eigenvalue weighted by Gasteiger charge is -2.27. The quantitative estimate of drug-likeness (QED) is 0.101. The summed E-state index contributed by atoms with van der Waals surface area (Å²) in [4.78, 5) is 9.35. The topological polar surface area (TPSA) is 13.0 Å². The smallest absolute Gasteiger partial charge is 0.0540 e. The maximum Gasteiger partial charge on any atom is 0.0540 e. The Morgan fingerprint density at radius 2 is 0.329 bits per heavy atom. The lowest BCUT2D eigenvalue weighted by Crippen LogP contribution is -2.10. The standard InChI is InChI=1S/C80H58N4.CH4/c1-5-23-67(24-6-1)81(73-51-39-61(40-52-73)63-43-55-75(56-44-63)83(69-27-9-3-10-28-69)79-33-17-21-65-19-13-15-31-77(65)79)71-47-35-59(36-48-71)60-37-49-72(50-38-60)82(68-25-7-2-8-26-68)74-53-41-62(42-54-74)64-45-57-76(58-46-64)84(70-29-11-4-12-30-70)80-34-18-22-66-20-14-16-32-78(66)80;/h1-58H;1H4. The van der Waals surface area contributed by atoms with Crippen LogP contribution in [0.1, 0.15) is 7.43 Å². The fourth-order valence-electron chi connectivity index (χ4n) is 11.7. The Balaban J connectivity index is 0.00000672. The molecule has 0 fully saturated rings. The van der Waals surface area contributed by atoms with Crippen LogP contribution in [-0.2, 0) is 0 Å². The van der Waals surface area contributed by atoms with E-state index in [4.69, 9.17) is 0 Å². The molecule has 0 unspecified atom stereocenters. The van der Waals surface area contributed by atoms with Gasteiger partial charge in [0.2, 0.25) is 0 Å². The zero-order valence-corrected chi connectivity index (χ0v) is 46.3. The van der Waals surface area contributed by atoms with Crippen LogP contribution in [0.2, 0.25) is 0 Å². The summed E-state index contributed by atoms with van der Waals surface area (Å²) in [5.41, 5.74) is 20.2. The van der Waals surface area contributed by atoms with Crippen molar-refractivity contribution < 1.29 is 0 Å². The fourth-order valence-corrected chi connectivity index (χ4v) is 11.7. The fraction of sp³-hybridized carbons (Fsp3) is 0.0123. The normalized spacial score (nSPS) is 11.0. The Kier molecular flexibility index (Phi) is 15.1. The maximum atomic E-state index is 2.35. The molecule has 0 heterocycles. The Bertz CT molecular complexity index is 4170. The second-order valence-corrected chi connectivity index (χ2v) is 21.0. The molecule has 0 aliphatic carbocycles. The molecule has 14 aromatic rings. The van der Waals surface area contributed by atoms with Gasteiger partial charge in [-0.15, -0.1) is 0 Å². The first-order chi connectivity index (χ1) is 41.7. The largest absolute Gasteiger partial charge is 0.311 e. The minimum atomic E-state index is 0. The minimum Gasteiger partial charge on any atom is -0.311 e. The lowest BCUT2D eigenvalue weighted by atomic mass is 10.0. The highest BCUT2D eigenvalue weighted by Gasteiger charge is 2.19. The zero-order valence-electron chi connectivity index (χ0n) is 46.3. The minimum absolute atomic E-state index is 0. The van der Waals surface area contributed by atoms with Gasteiger partial charge in [0.05, 0.1) is 11.4 Å². The van der Waals surface area contributed by atoms with E-state index in [-0.39, 0.29) is 7.43 Å². The van der Waals surface area contributed by atoms with Gasteiger partial charge in [0.15, 0.2) is 0 Å². The van der Waals surface area contributed by atoms with E-state index in [2.05, 4.69) is 371 Å². The van der Waals surface area contributed by atoms with Crippen molar-refractivity contribution in [2.45, 2.75) is 7.43 Å². The molecule has 0 aliphatic rings.